The summed E-state index contributed by atoms with van der Waals surface area (Å²) in [6.45, 7) is 4.04. The molecule has 0 aliphatic carbocycles. The van der Waals surface area contributed by atoms with E-state index >= 15 is 0 Å². The molecule has 1 rings (SSSR count). The normalized spacial score (nSPS) is 13.6. The lowest BCUT2D eigenvalue weighted by Gasteiger charge is -2.28. The van der Waals surface area contributed by atoms with Gasteiger partial charge < -0.3 is 4.90 Å². The van der Waals surface area contributed by atoms with Gasteiger partial charge >= 0.3 is 0 Å². The molecule has 1 nitrogen and oxygen atoms in total. The lowest BCUT2D eigenvalue weighted by molar-refractivity contribution is 0.229. The Bertz CT molecular complexity index is 326. The number of hydrogen-bond donors (Lipinski definition) is 0. The number of hydrogen-bond acceptors (Lipinski definition) is 1. The molecule has 0 heterocycles. The molecule has 0 N–H and O–H groups in total. The maximum Gasteiger partial charge on any atom is 0.130 e. The molecule has 0 saturated heterocycles. The van der Waals surface area contributed by atoms with Gasteiger partial charge in [0.2, 0.25) is 0 Å². The van der Waals surface area contributed by atoms with Crippen LogP contribution < -0.4 is 0 Å². The summed E-state index contributed by atoms with van der Waals surface area (Å²) in [4.78, 5) is 1.95. The van der Waals surface area contributed by atoms with Gasteiger partial charge in [-0.3, -0.25) is 0 Å². The lowest BCUT2D eigenvalue weighted by atomic mass is 9.94. The Hall–Kier alpha value is -0.960. The molecule has 0 radical (unpaired) electrons. The molecule has 1 aromatic rings. The minimum absolute atomic E-state index is 0.0226. The Balaban J connectivity index is 3.12. The number of halogens is 2. The largest absolute Gasteiger partial charge is 0.302 e. The van der Waals surface area contributed by atoms with E-state index < -0.39 is 11.6 Å². The van der Waals surface area contributed by atoms with Gasteiger partial charge in [-0.05, 0) is 26.1 Å². The molecule has 0 bridgehead atoms. The Morgan fingerprint density at radius 2 is 1.73 bits per heavy atom. The highest BCUT2D eigenvalue weighted by molar-refractivity contribution is 5.22. The highest BCUT2D eigenvalue weighted by Crippen LogP contribution is 2.28. The van der Waals surface area contributed by atoms with E-state index in [0.29, 0.717) is 5.56 Å². The van der Waals surface area contributed by atoms with Crippen LogP contribution in [0.2, 0.25) is 0 Å². The topological polar surface area (TPSA) is 3.24 Å². The average molecular weight is 213 g/mol. The third-order valence-electron chi connectivity index (χ3n) is 2.47. The van der Waals surface area contributed by atoms with Crippen molar-refractivity contribution in [3.8, 4) is 0 Å². The monoisotopic (exact) mass is 213 g/mol. The van der Waals surface area contributed by atoms with Gasteiger partial charge in [-0.15, -0.1) is 0 Å². The number of nitrogens with zero attached hydrogens (tertiary/aromatic N) is 1. The van der Waals surface area contributed by atoms with Crippen molar-refractivity contribution in [1.29, 1.82) is 0 Å². The smallest absolute Gasteiger partial charge is 0.130 e. The Kier molecular flexibility index (Phi) is 3.80. The first kappa shape index (κ1) is 12.1. The fraction of sp³-hybridized carbons (Fsp3) is 0.500. The Labute approximate surface area is 89.7 Å². The van der Waals surface area contributed by atoms with Crippen molar-refractivity contribution >= 4 is 0 Å². The van der Waals surface area contributed by atoms with Gasteiger partial charge in [-0.2, -0.15) is 0 Å². The van der Waals surface area contributed by atoms with Gasteiger partial charge in [-0.1, -0.05) is 19.9 Å². The van der Waals surface area contributed by atoms with Crippen LogP contribution in [0.5, 0.6) is 0 Å². The fourth-order valence-corrected chi connectivity index (χ4v) is 1.97. The van der Waals surface area contributed by atoms with Gasteiger partial charge in [-0.25, -0.2) is 8.78 Å². The first-order valence-corrected chi connectivity index (χ1v) is 5.05. The second-order valence-electron chi connectivity index (χ2n) is 4.32. The van der Waals surface area contributed by atoms with Crippen molar-refractivity contribution < 1.29 is 8.78 Å². The first-order chi connectivity index (χ1) is 6.93. The summed E-state index contributed by atoms with van der Waals surface area (Å²) in [7, 11) is 3.79. The van der Waals surface area contributed by atoms with E-state index in [1.54, 1.807) is 0 Å². The minimum atomic E-state index is -0.530. The van der Waals surface area contributed by atoms with Crippen molar-refractivity contribution in [2.45, 2.75) is 19.9 Å². The van der Waals surface area contributed by atoms with Crippen LogP contribution in [0.4, 0.5) is 8.78 Å². The lowest BCUT2D eigenvalue weighted by Crippen LogP contribution is -2.25. The minimum Gasteiger partial charge on any atom is -0.302 e. The highest BCUT2D eigenvalue weighted by Gasteiger charge is 2.21. The average Bonchev–Trinajstić information content (AvgIpc) is 2.08. The van der Waals surface area contributed by atoms with E-state index in [2.05, 4.69) is 0 Å². The van der Waals surface area contributed by atoms with Crippen LogP contribution in [0.25, 0.3) is 0 Å². The summed E-state index contributed by atoms with van der Waals surface area (Å²) < 4.78 is 26.3. The first-order valence-electron chi connectivity index (χ1n) is 5.05. The van der Waals surface area contributed by atoms with E-state index in [9.17, 15) is 8.78 Å². The van der Waals surface area contributed by atoms with Crippen LogP contribution in [-0.2, 0) is 0 Å². The van der Waals surface area contributed by atoms with Gasteiger partial charge in [0, 0.05) is 17.7 Å². The zero-order valence-electron chi connectivity index (χ0n) is 9.59. The standard InChI is InChI=1S/C12H17F2N/c1-8(2)12(15(3)4)10-6-5-9(13)7-11(10)14/h5-8,12H,1-4H3. The molecule has 0 aromatic heterocycles. The van der Waals surface area contributed by atoms with Crippen molar-refractivity contribution in [2.24, 2.45) is 5.92 Å². The van der Waals surface area contributed by atoms with Gasteiger partial charge in [0.25, 0.3) is 0 Å². The SMILES string of the molecule is CC(C)C(c1ccc(F)cc1F)N(C)C. The third kappa shape index (κ3) is 2.75. The fourth-order valence-electron chi connectivity index (χ4n) is 1.97. The van der Waals surface area contributed by atoms with Crippen LogP contribution >= 0.6 is 0 Å². The second kappa shape index (κ2) is 4.71. The van der Waals surface area contributed by atoms with Crippen molar-refractivity contribution in [3.63, 3.8) is 0 Å². The number of benzene rings is 1. The molecule has 1 atom stereocenters. The zero-order valence-corrected chi connectivity index (χ0v) is 9.59. The van der Waals surface area contributed by atoms with E-state index in [1.165, 1.54) is 12.1 Å². The molecule has 84 valence electrons. The molecule has 0 saturated carbocycles. The van der Waals surface area contributed by atoms with Crippen LogP contribution in [0.15, 0.2) is 18.2 Å². The molecule has 0 amide bonds. The van der Waals surface area contributed by atoms with Crippen molar-refractivity contribution in [2.75, 3.05) is 14.1 Å². The zero-order chi connectivity index (χ0) is 11.6. The molecular weight excluding hydrogens is 196 g/mol. The van der Waals surface area contributed by atoms with E-state index in [1.807, 2.05) is 32.8 Å². The van der Waals surface area contributed by atoms with E-state index in [0.717, 1.165) is 6.07 Å². The summed E-state index contributed by atoms with van der Waals surface area (Å²) >= 11 is 0. The molecular formula is C12H17F2N. The van der Waals surface area contributed by atoms with E-state index in [-0.39, 0.29) is 12.0 Å². The van der Waals surface area contributed by atoms with Gasteiger partial charge in [0.15, 0.2) is 0 Å². The van der Waals surface area contributed by atoms with Gasteiger partial charge in [0.1, 0.15) is 11.6 Å². The summed E-state index contributed by atoms with van der Waals surface area (Å²) in [5, 5.41) is 0. The van der Waals surface area contributed by atoms with Gasteiger partial charge in [0.05, 0.1) is 0 Å². The predicted molar refractivity (Wildman–Crippen MR) is 57.6 cm³/mol. The molecule has 0 spiro atoms. The van der Waals surface area contributed by atoms with Crippen LogP contribution in [0, 0.1) is 17.6 Å². The maximum absolute atomic E-state index is 13.6. The summed E-state index contributed by atoms with van der Waals surface area (Å²) in [5.74, 6) is -0.722. The van der Waals surface area contributed by atoms with Crippen LogP contribution in [0.3, 0.4) is 0 Å². The van der Waals surface area contributed by atoms with Crippen LogP contribution in [0.1, 0.15) is 25.5 Å². The van der Waals surface area contributed by atoms with Crippen molar-refractivity contribution in [3.05, 3.63) is 35.4 Å². The predicted octanol–water partition coefficient (Wildman–Crippen LogP) is 3.22. The molecule has 0 aliphatic rings. The maximum atomic E-state index is 13.6. The quantitative estimate of drug-likeness (QED) is 0.745. The Morgan fingerprint density at radius 3 is 2.13 bits per heavy atom. The molecule has 1 aromatic carbocycles. The van der Waals surface area contributed by atoms with Crippen molar-refractivity contribution in [1.82, 2.24) is 4.90 Å². The second-order valence-corrected chi connectivity index (χ2v) is 4.32. The van der Waals surface area contributed by atoms with Crippen LogP contribution in [-0.4, -0.2) is 19.0 Å². The molecule has 0 fully saturated rings. The summed E-state index contributed by atoms with van der Waals surface area (Å²) in [6, 6.07) is 3.74. The third-order valence-corrected chi connectivity index (χ3v) is 2.47. The molecule has 15 heavy (non-hydrogen) atoms. The molecule has 3 heteroatoms. The summed E-state index contributed by atoms with van der Waals surface area (Å²) in [5.41, 5.74) is 0.552. The van der Waals surface area contributed by atoms with E-state index in [4.69, 9.17) is 0 Å². The highest BCUT2D eigenvalue weighted by atomic mass is 19.1. The molecule has 0 aliphatic heterocycles. The Morgan fingerprint density at radius 1 is 1.13 bits per heavy atom. The summed E-state index contributed by atoms with van der Waals surface area (Å²) in [6.07, 6.45) is 0. The molecule has 1 unspecified atom stereocenters. The number of rotatable bonds is 3.